The van der Waals surface area contributed by atoms with Crippen LogP contribution in [-0.2, 0) is 6.54 Å². The average molecular weight is 554 g/mol. The number of piperidine rings is 1. The Morgan fingerprint density at radius 2 is 1.76 bits per heavy atom. The third kappa shape index (κ3) is 6.60. The van der Waals surface area contributed by atoms with Crippen LogP contribution in [0, 0.1) is 11.7 Å². The van der Waals surface area contributed by atoms with E-state index in [0.29, 0.717) is 30.3 Å². The number of carbonyl (C=O) groups excluding carboxylic acids is 1. The predicted molar refractivity (Wildman–Crippen MR) is 158 cm³/mol. The number of anilines is 1. The molecule has 0 spiro atoms. The van der Waals surface area contributed by atoms with Gasteiger partial charge in [-0.2, -0.15) is 5.10 Å². The fraction of sp³-hybridized carbons (Fsp3) is 0.333. The first-order valence-electron chi connectivity index (χ1n) is 14.5. The molecule has 3 aromatic carbocycles. The quantitative estimate of drug-likeness (QED) is 0.298. The summed E-state index contributed by atoms with van der Waals surface area (Å²) in [6.45, 7) is 6.29. The molecule has 2 aliphatic heterocycles. The van der Waals surface area contributed by atoms with Crippen molar-refractivity contribution in [3.63, 3.8) is 0 Å². The molecule has 41 heavy (non-hydrogen) atoms. The van der Waals surface area contributed by atoms with Gasteiger partial charge in [0.1, 0.15) is 11.6 Å². The van der Waals surface area contributed by atoms with Crippen LogP contribution < -0.4 is 9.64 Å². The van der Waals surface area contributed by atoms with E-state index in [4.69, 9.17) is 4.74 Å². The van der Waals surface area contributed by atoms with Crippen molar-refractivity contribution in [1.29, 1.82) is 0 Å². The number of hydrogen-bond donors (Lipinski definition) is 0. The Labute approximate surface area is 240 Å². The Bertz CT molecular complexity index is 1430. The second-order valence-corrected chi connectivity index (χ2v) is 10.9. The lowest BCUT2D eigenvalue weighted by atomic mass is 9.98. The largest absolute Gasteiger partial charge is 0.493 e. The third-order valence-corrected chi connectivity index (χ3v) is 8.05. The molecule has 1 amide bonds. The van der Waals surface area contributed by atoms with E-state index in [0.717, 1.165) is 63.5 Å². The summed E-state index contributed by atoms with van der Waals surface area (Å²) in [5.74, 6) is 1.08. The predicted octanol–water partition coefficient (Wildman–Crippen LogP) is 5.26. The maximum absolute atomic E-state index is 14.2. The number of benzene rings is 3. The monoisotopic (exact) mass is 553 g/mol. The molecule has 2 saturated heterocycles. The minimum Gasteiger partial charge on any atom is -0.493 e. The van der Waals surface area contributed by atoms with Crippen LogP contribution in [-0.4, -0.2) is 71.4 Å². The van der Waals surface area contributed by atoms with Gasteiger partial charge in [0.25, 0.3) is 5.91 Å². The number of ether oxygens (including phenoxy) is 1. The van der Waals surface area contributed by atoms with E-state index in [1.165, 1.54) is 11.6 Å². The lowest BCUT2D eigenvalue weighted by molar-refractivity contribution is 0.0633. The number of aromatic nitrogens is 2. The van der Waals surface area contributed by atoms with E-state index >= 15 is 0 Å². The summed E-state index contributed by atoms with van der Waals surface area (Å²) in [4.78, 5) is 19.7. The molecule has 3 heterocycles. The van der Waals surface area contributed by atoms with Crippen molar-refractivity contribution in [3.05, 3.63) is 108 Å². The van der Waals surface area contributed by atoms with Crippen molar-refractivity contribution >= 4 is 11.6 Å². The number of amides is 1. The van der Waals surface area contributed by atoms with E-state index in [2.05, 4.69) is 27.0 Å². The molecule has 8 heteroatoms. The van der Waals surface area contributed by atoms with Crippen LogP contribution in [0.5, 0.6) is 5.75 Å². The summed E-state index contributed by atoms with van der Waals surface area (Å²) in [7, 11) is 0. The first-order chi connectivity index (χ1) is 20.1. The first-order valence-corrected chi connectivity index (χ1v) is 14.5. The molecule has 0 bridgehead atoms. The maximum atomic E-state index is 14.2. The number of rotatable bonds is 8. The summed E-state index contributed by atoms with van der Waals surface area (Å²) < 4.78 is 22.2. The Hall–Kier alpha value is -4.17. The molecule has 1 atom stereocenters. The second-order valence-electron chi connectivity index (χ2n) is 10.9. The molecule has 0 saturated carbocycles. The van der Waals surface area contributed by atoms with Crippen molar-refractivity contribution in [2.45, 2.75) is 19.4 Å². The summed E-state index contributed by atoms with van der Waals surface area (Å²) >= 11 is 0. The summed E-state index contributed by atoms with van der Waals surface area (Å²) in [6.07, 6.45) is 5.65. The van der Waals surface area contributed by atoms with Crippen molar-refractivity contribution in [1.82, 2.24) is 19.6 Å². The number of halogens is 1. The van der Waals surface area contributed by atoms with Crippen LogP contribution in [0.2, 0.25) is 0 Å². The van der Waals surface area contributed by atoms with Crippen LogP contribution in [0.3, 0.4) is 0 Å². The normalized spacial score (nSPS) is 17.9. The van der Waals surface area contributed by atoms with Gasteiger partial charge in [0.2, 0.25) is 0 Å². The third-order valence-electron chi connectivity index (χ3n) is 8.05. The van der Waals surface area contributed by atoms with E-state index in [9.17, 15) is 9.18 Å². The number of likely N-dealkylation sites (tertiary alicyclic amines) is 1. The average Bonchev–Trinajstić information content (AvgIpc) is 3.56. The lowest BCUT2D eigenvalue weighted by Crippen LogP contribution is -2.46. The molecule has 1 aromatic heterocycles. The van der Waals surface area contributed by atoms with E-state index in [1.54, 1.807) is 16.9 Å². The molecule has 0 radical (unpaired) electrons. The standard InChI is InChI=1S/C33H36FN5O2/c34-31-9-1-2-10-32(31)37-20-18-36(19-21-37)23-26-6-3-8-30(22-26)41-25-27-7-4-16-38(24-27)33(40)28-11-13-29(14-12-28)39-17-5-15-35-39/h1-3,5-6,8-15,17,22,27H,4,7,16,18-21,23-25H2. The molecule has 1 unspecified atom stereocenters. The first kappa shape index (κ1) is 27.0. The second kappa shape index (κ2) is 12.6. The zero-order valence-corrected chi connectivity index (χ0v) is 23.2. The van der Waals surface area contributed by atoms with Gasteiger partial charge in [-0.1, -0.05) is 24.3 Å². The van der Waals surface area contributed by atoms with Gasteiger partial charge >= 0.3 is 0 Å². The Kier molecular flexibility index (Phi) is 8.28. The van der Waals surface area contributed by atoms with Gasteiger partial charge in [-0.25, -0.2) is 9.07 Å². The van der Waals surface area contributed by atoms with Crippen molar-refractivity contribution in [3.8, 4) is 11.4 Å². The van der Waals surface area contributed by atoms with Crippen molar-refractivity contribution in [2.75, 3.05) is 50.8 Å². The molecule has 0 aliphatic carbocycles. The maximum Gasteiger partial charge on any atom is 0.253 e. The van der Waals surface area contributed by atoms with Gasteiger partial charge in [0, 0.05) is 69.7 Å². The molecule has 2 aliphatic rings. The van der Waals surface area contributed by atoms with E-state index in [-0.39, 0.29) is 11.7 Å². The number of para-hydroxylation sites is 1. The van der Waals surface area contributed by atoms with Gasteiger partial charge in [-0.05, 0) is 73.0 Å². The Balaban J connectivity index is 0.985. The SMILES string of the molecule is O=C(c1ccc(-n2cccn2)cc1)N1CCCC(COc2cccc(CN3CCN(c4ccccc4F)CC3)c2)C1. The number of hydrogen-bond acceptors (Lipinski definition) is 5. The van der Waals surface area contributed by atoms with Crippen molar-refractivity contribution < 1.29 is 13.9 Å². The fourth-order valence-corrected chi connectivity index (χ4v) is 5.81. The summed E-state index contributed by atoms with van der Waals surface area (Å²) in [5.41, 5.74) is 3.53. The van der Waals surface area contributed by atoms with Crippen molar-refractivity contribution in [2.24, 2.45) is 5.92 Å². The number of piperazine rings is 1. The summed E-state index contributed by atoms with van der Waals surface area (Å²) in [5, 5.41) is 4.25. The molecule has 0 N–H and O–H groups in total. The molecular weight excluding hydrogens is 517 g/mol. The molecule has 212 valence electrons. The zero-order valence-electron chi connectivity index (χ0n) is 23.2. The van der Waals surface area contributed by atoms with Gasteiger partial charge < -0.3 is 14.5 Å². The smallest absolute Gasteiger partial charge is 0.253 e. The lowest BCUT2D eigenvalue weighted by Gasteiger charge is -2.36. The van der Waals surface area contributed by atoms with Crippen LogP contribution in [0.1, 0.15) is 28.8 Å². The topological polar surface area (TPSA) is 53.8 Å². The minimum atomic E-state index is -0.156. The number of nitrogens with zero attached hydrogens (tertiary/aromatic N) is 5. The van der Waals surface area contributed by atoms with E-state index in [1.807, 2.05) is 65.7 Å². The van der Waals surface area contributed by atoms with E-state index < -0.39 is 0 Å². The minimum absolute atomic E-state index is 0.0683. The fourth-order valence-electron chi connectivity index (χ4n) is 5.81. The molecule has 6 rings (SSSR count). The molecule has 2 fully saturated rings. The van der Waals surface area contributed by atoms with Crippen LogP contribution in [0.15, 0.2) is 91.3 Å². The number of carbonyl (C=O) groups is 1. The molecule has 4 aromatic rings. The highest BCUT2D eigenvalue weighted by atomic mass is 19.1. The van der Waals surface area contributed by atoms with Gasteiger partial charge in [0.15, 0.2) is 0 Å². The highest BCUT2D eigenvalue weighted by molar-refractivity contribution is 5.94. The molecule has 7 nitrogen and oxygen atoms in total. The highest BCUT2D eigenvalue weighted by Gasteiger charge is 2.25. The van der Waals surface area contributed by atoms with Crippen LogP contribution >= 0.6 is 0 Å². The van der Waals surface area contributed by atoms with Gasteiger partial charge in [0.05, 0.1) is 18.0 Å². The zero-order chi connectivity index (χ0) is 28.0. The highest BCUT2D eigenvalue weighted by Crippen LogP contribution is 2.24. The van der Waals surface area contributed by atoms with Gasteiger partial charge in [-0.15, -0.1) is 0 Å². The van der Waals surface area contributed by atoms with Crippen LogP contribution in [0.25, 0.3) is 5.69 Å². The molecular formula is C33H36FN5O2. The Morgan fingerprint density at radius 1 is 0.927 bits per heavy atom. The van der Waals surface area contributed by atoms with Gasteiger partial charge in [-0.3, -0.25) is 9.69 Å². The summed E-state index contributed by atoms with van der Waals surface area (Å²) in [6, 6.07) is 24.8. The Morgan fingerprint density at radius 3 is 2.54 bits per heavy atom. The van der Waals surface area contributed by atoms with Crippen LogP contribution in [0.4, 0.5) is 10.1 Å².